The lowest BCUT2D eigenvalue weighted by Gasteiger charge is -2.13. The molecule has 0 fully saturated rings. The second kappa shape index (κ2) is 7.28. The first-order chi connectivity index (χ1) is 7.92. The van der Waals surface area contributed by atoms with Gasteiger partial charge in [-0.25, -0.2) is 0 Å². The zero-order valence-electron chi connectivity index (χ0n) is 9.61. The number of hydrogen-bond acceptors (Lipinski definition) is 2. The van der Waals surface area contributed by atoms with Gasteiger partial charge in [0.05, 0.1) is 0 Å². The monoisotopic (exact) mass is 281 g/mol. The van der Waals surface area contributed by atoms with E-state index < -0.39 is 6.36 Å². The van der Waals surface area contributed by atoms with Crippen LogP contribution in [0.5, 0.6) is 5.75 Å². The van der Waals surface area contributed by atoms with Crippen molar-refractivity contribution in [3.8, 4) is 5.75 Å². The number of rotatable bonds is 5. The molecule has 0 bridgehead atoms. The van der Waals surface area contributed by atoms with E-state index in [1.807, 2.05) is 0 Å². The van der Waals surface area contributed by atoms with Crippen LogP contribution in [-0.4, -0.2) is 6.36 Å². The minimum atomic E-state index is -4.68. The Morgan fingerprint density at radius 2 is 2.06 bits per heavy atom. The van der Waals surface area contributed by atoms with Crippen LogP contribution in [-0.2, 0) is 0 Å². The van der Waals surface area contributed by atoms with Gasteiger partial charge in [0.15, 0.2) is 0 Å². The summed E-state index contributed by atoms with van der Waals surface area (Å²) in [5, 5.41) is 0. The molecule has 0 unspecified atom stereocenters. The molecule has 1 aromatic carbocycles. The fourth-order valence-electron chi connectivity index (χ4n) is 1.41. The molecule has 102 valence electrons. The van der Waals surface area contributed by atoms with Crippen molar-refractivity contribution in [1.29, 1.82) is 0 Å². The number of alkyl halides is 3. The lowest BCUT2D eigenvalue weighted by atomic mass is 10.0. The lowest BCUT2D eigenvalue weighted by molar-refractivity contribution is -0.274. The normalized spacial score (nSPS) is 12.4. The van der Waals surface area contributed by atoms with Crippen LogP contribution >= 0.6 is 12.4 Å². The van der Waals surface area contributed by atoms with Crippen LogP contribution in [0.1, 0.15) is 24.4 Å². The second-order valence-electron chi connectivity index (χ2n) is 3.59. The first kappa shape index (κ1) is 16.8. The van der Waals surface area contributed by atoms with E-state index in [1.54, 1.807) is 12.1 Å². The van der Waals surface area contributed by atoms with Gasteiger partial charge in [-0.3, -0.25) is 0 Å². The molecule has 2 N–H and O–H groups in total. The summed E-state index contributed by atoms with van der Waals surface area (Å²) in [5.41, 5.74) is 6.45. The van der Waals surface area contributed by atoms with Crippen LogP contribution < -0.4 is 10.5 Å². The molecule has 0 aromatic heterocycles. The second-order valence-corrected chi connectivity index (χ2v) is 3.59. The van der Waals surface area contributed by atoms with Gasteiger partial charge in [-0.2, -0.15) is 0 Å². The summed E-state index contributed by atoms with van der Waals surface area (Å²) in [6.07, 6.45) is -1.61. The summed E-state index contributed by atoms with van der Waals surface area (Å²) >= 11 is 0. The minimum Gasteiger partial charge on any atom is -0.406 e. The number of allylic oxidation sites excluding steroid dienone is 1. The van der Waals surface area contributed by atoms with Gasteiger partial charge in [0, 0.05) is 6.04 Å². The van der Waals surface area contributed by atoms with E-state index in [2.05, 4.69) is 11.3 Å². The molecule has 1 atom stereocenters. The van der Waals surface area contributed by atoms with E-state index in [9.17, 15) is 13.2 Å². The molecule has 0 saturated heterocycles. The first-order valence-electron chi connectivity index (χ1n) is 5.14. The number of benzene rings is 1. The lowest BCUT2D eigenvalue weighted by Crippen LogP contribution is -2.17. The topological polar surface area (TPSA) is 35.2 Å². The summed E-state index contributed by atoms with van der Waals surface area (Å²) in [6, 6.07) is 5.41. The first-order valence-corrected chi connectivity index (χ1v) is 5.14. The van der Waals surface area contributed by atoms with E-state index in [4.69, 9.17) is 5.73 Å². The Balaban J connectivity index is 0.00000289. The molecular weight excluding hydrogens is 267 g/mol. The molecule has 0 radical (unpaired) electrons. The maximum absolute atomic E-state index is 12.0. The molecule has 0 aliphatic rings. The van der Waals surface area contributed by atoms with Crippen molar-refractivity contribution in [2.24, 2.45) is 5.73 Å². The van der Waals surface area contributed by atoms with Crippen LogP contribution in [0.2, 0.25) is 0 Å². The number of halogens is 4. The maximum atomic E-state index is 12.0. The van der Waals surface area contributed by atoms with E-state index in [0.29, 0.717) is 18.4 Å². The van der Waals surface area contributed by atoms with Crippen LogP contribution in [0.4, 0.5) is 13.2 Å². The van der Waals surface area contributed by atoms with Crippen LogP contribution in [0.25, 0.3) is 0 Å². The molecule has 0 heterocycles. The molecule has 0 aliphatic carbocycles. The fourth-order valence-corrected chi connectivity index (χ4v) is 1.41. The average Bonchev–Trinajstić information content (AvgIpc) is 2.24. The fraction of sp³-hybridized carbons (Fsp3) is 0.333. The van der Waals surface area contributed by atoms with Crippen LogP contribution in [0.15, 0.2) is 36.9 Å². The van der Waals surface area contributed by atoms with Gasteiger partial charge < -0.3 is 10.5 Å². The van der Waals surface area contributed by atoms with Gasteiger partial charge in [0.25, 0.3) is 0 Å². The van der Waals surface area contributed by atoms with Crippen LogP contribution in [0.3, 0.4) is 0 Å². The molecule has 0 aliphatic heterocycles. The quantitative estimate of drug-likeness (QED) is 0.829. The summed E-state index contributed by atoms with van der Waals surface area (Å²) in [7, 11) is 0. The van der Waals surface area contributed by atoms with Gasteiger partial charge in [0.2, 0.25) is 0 Å². The summed E-state index contributed by atoms with van der Waals surface area (Å²) < 4.78 is 39.9. The standard InChI is InChI=1S/C12H14F3NO.ClH/c1-2-3-7-11(16)9-5-4-6-10(8-9)17-12(13,14)15;/h2,4-6,8,11H,1,3,7,16H2;1H/t11-;/m0./s1. The highest BCUT2D eigenvalue weighted by atomic mass is 35.5. The highest BCUT2D eigenvalue weighted by Gasteiger charge is 2.31. The highest BCUT2D eigenvalue weighted by molar-refractivity contribution is 5.85. The molecule has 6 heteroatoms. The average molecular weight is 282 g/mol. The summed E-state index contributed by atoms with van der Waals surface area (Å²) in [6.45, 7) is 3.56. The molecular formula is C12H15ClF3NO. The molecule has 1 aromatic rings. The van der Waals surface area contributed by atoms with Crippen LogP contribution in [0, 0.1) is 0 Å². The van der Waals surface area contributed by atoms with Crippen molar-refractivity contribution >= 4 is 12.4 Å². The van der Waals surface area contributed by atoms with Crippen molar-refractivity contribution in [3.63, 3.8) is 0 Å². The zero-order chi connectivity index (χ0) is 12.9. The van der Waals surface area contributed by atoms with Crippen molar-refractivity contribution in [3.05, 3.63) is 42.5 Å². The third kappa shape index (κ3) is 5.93. The number of nitrogens with two attached hydrogens (primary N) is 1. The predicted molar refractivity (Wildman–Crippen MR) is 66.7 cm³/mol. The van der Waals surface area contributed by atoms with E-state index in [1.165, 1.54) is 18.2 Å². The van der Waals surface area contributed by atoms with Crippen molar-refractivity contribution in [2.75, 3.05) is 0 Å². The van der Waals surface area contributed by atoms with Gasteiger partial charge >= 0.3 is 6.36 Å². The maximum Gasteiger partial charge on any atom is 0.573 e. The number of hydrogen-bond donors (Lipinski definition) is 1. The van der Waals surface area contributed by atoms with Crippen molar-refractivity contribution < 1.29 is 17.9 Å². The molecule has 0 saturated carbocycles. The number of ether oxygens (including phenoxy) is 1. The Bertz CT molecular complexity index is 382. The van der Waals surface area contributed by atoms with Gasteiger partial charge in [-0.15, -0.1) is 32.2 Å². The Morgan fingerprint density at radius 1 is 1.39 bits per heavy atom. The Morgan fingerprint density at radius 3 is 2.61 bits per heavy atom. The van der Waals surface area contributed by atoms with Gasteiger partial charge in [0.1, 0.15) is 5.75 Å². The highest BCUT2D eigenvalue weighted by Crippen LogP contribution is 2.26. The Kier molecular flexibility index (Phi) is 6.80. The van der Waals surface area contributed by atoms with E-state index in [-0.39, 0.29) is 24.2 Å². The van der Waals surface area contributed by atoms with Gasteiger partial charge in [-0.05, 0) is 30.5 Å². The zero-order valence-corrected chi connectivity index (χ0v) is 10.4. The minimum absolute atomic E-state index is 0. The van der Waals surface area contributed by atoms with Gasteiger partial charge in [-0.1, -0.05) is 18.2 Å². The third-order valence-corrected chi connectivity index (χ3v) is 2.20. The Labute approximate surface area is 110 Å². The summed E-state index contributed by atoms with van der Waals surface area (Å²) in [5.74, 6) is -0.246. The van der Waals surface area contributed by atoms with Crippen molar-refractivity contribution in [2.45, 2.75) is 25.2 Å². The molecule has 1 rings (SSSR count). The molecule has 18 heavy (non-hydrogen) atoms. The molecule has 0 spiro atoms. The summed E-state index contributed by atoms with van der Waals surface area (Å²) in [4.78, 5) is 0. The Hall–Kier alpha value is -1.20. The predicted octanol–water partition coefficient (Wildman–Crippen LogP) is 3.97. The third-order valence-electron chi connectivity index (χ3n) is 2.20. The van der Waals surface area contributed by atoms with E-state index in [0.717, 1.165) is 0 Å². The smallest absolute Gasteiger partial charge is 0.406 e. The SMILES string of the molecule is C=CCC[C@H](N)c1cccc(OC(F)(F)F)c1.Cl. The largest absolute Gasteiger partial charge is 0.573 e. The molecule has 0 amide bonds. The van der Waals surface area contributed by atoms with E-state index >= 15 is 0 Å². The molecule has 2 nitrogen and oxygen atoms in total. The van der Waals surface area contributed by atoms with Crippen molar-refractivity contribution in [1.82, 2.24) is 0 Å².